The maximum Gasteiger partial charge on any atom is 0.0613 e. The lowest BCUT2D eigenvalue weighted by Crippen LogP contribution is -2.48. The number of nitrogens with one attached hydrogen (secondary N) is 1. The largest absolute Gasteiger partial charge is 0.394 e. The second-order valence-electron chi connectivity index (χ2n) is 4.43. The van der Waals surface area contributed by atoms with Gasteiger partial charge in [-0.1, -0.05) is 20.8 Å². The van der Waals surface area contributed by atoms with Gasteiger partial charge in [-0.15, -0.1) is 0 Å². The molecule has 16 heavy (non-hydrogen) atoms. The van der Waals surface area contributed by atoms with Crippen LogP contribution in [0.2, 0.25) is 0 Å². The molecule has 0 saturated carbocycles. The van der Waals surface area contributed by atoms with Gasteiger partial charge in [-0.2, -0.15) is 11.8 Å². The van der Waals surface area contributed by atoms with E-state index in [0.29, 0.717) is 0 Å². The fourth-order valence-electron chi connectivity index (χ4n) is 1.79. The van der Waals surface area contributed by atoms with E-state index in [-0.39, 0.29) is 12.1 Å². The van der Waals surface area contributed by atoms with E-state index in [1.165, 1.54) is 24.3 Å². The lowest BCUT2D eigenvalue weighted by atomic mass is 9.91. The summed E-state index contributed by atoms with van der Waals surface area (Å²) in [6.07, 6.45) is 5.71. The van der Waals surface area contributed by atoms with Gasteiger partial charge in [0.15, 0.2) is 0 Å². The van der Waals surface area contributed by atoms with Crippen molar-refractivity contribution in [2.45, 2.75) is 58.4 Å². The molecule has 1 atom stereocenters. The Balaban J connectivity index is 3.82. The van der Waals surface area contributed by atoms with E-state index in [9.17, 15) is 5.11 Å². The molecule has 0 bridgehead atoms. The first-order valence-electron chi connectivity index (χ1n) is 6.68. The highest BCUT2D eigenvalue weighted by Crippen LogP contribution is 2.19. The van der Waals surface area contributed by atoms with Crippen molar-refractivity contribution in [3.05, 3.63) is 0 Å². The number of rotatable bonds is 11. The summed E-state index contributed by atoms with van der Waals surface area (Å²) < 4.78 is 0. The second-order valence-corrected chi connectivity index (χ2v) is 5.66. The highest BCUT2D eigenvalue weighted by molar-refractivity contribution is 7.99. The molecule has 0 amide bonds. The van der Waals surface area contributed by atoms with Crippen LogP contribution in [-0.4, -0.2) is 35.3 Å². The normalized spacial score (nSPS) is 15.0. The Morgan fingerprint density at radius 3 is 2.38 bits per heavy atom. The van der Waals surface area contributed by atoms with Crippen molar-refractivity contribution in [1.82, 2.24) is 5.32 Å². The molecular formula is C13H29NOS. The Morgan fingerprint density at radius 1 is 1.12 bits per heavy atom. The number of hydrogen-bond donors (Lipinski definition) is 2. The summed E-state index contributed by atoms with van der Waals surface area (Å²) in [6, 6.07) is 0. The van der Waals surface area contributed by atoms with Crippen molar-refractivity contribution in [2.24, 2.45) is 0 Å². The maximum atomic E-state index is 9.54. The van der Waals surface area contributed by atoms with Crippen LogP contribution in [0.4, 0.5) is 0 Å². The number of aliphatic hydroxyl groups is 1. The van der Waals surface area contributed by atoms with Crippen molar-refractivity contribution in [3.8, 4) is 0 Å². The molecule has 0 aliphatic rings. The third kappa shape index (κ3) is 6.77. The third-order valence-corrected chi connectivity index (χ3v) is 4.30. The highest BCUT2D eigenvalue weighted by Gasteiger charge is 2.25. The Labute approximate surface area is 106 Å². The van der Waals surface area contributed by atoms with Crippen LogP contribution in [0.3, 0.4) is 0 Å². The SMILES string of the molecule is CCCNC(CC)(CO)CCCSCCC. The van der Waals surface area contributed by atoms with Crippen molar-refractivity contribution < 1.29 is 5.11 Å². The number of thioether (sulfide) groups is 1. The molecule has 0 aromatic rings. The van der Waals surface area contributed by atoms with Crippen molar-refractivity contribution >= 4 is 11.8 Å². The Bertz CT molecular complexity index is 149. The van der Waals surface area contributed by atoms with Gasteiger partial charge in [-0.3, -0.25) is 0 Å². The molecule has 0 aliphatic heterocycles. The lowest BCUT2D eigenvalue weighted by molar-refractivity contribution is 0.146. The molecule has 0 aromatic heterocycles. The summed E-state index contributed by atoms with van der Waals surface area (Å²) in [5.41, 5.74) is -0.0250. The fraction of sp³-hybridized carbons (Fsp3) is 1.00. The fourth-order valence-corrected chi connectivity index (χ4v) is 2.63. The average molecular weight is 247 g/mol. The Kier molecular flexibility index (Phi) is 10.6. The first-order chi connectivity index (χ1) is 7.74. The summed E-state index contributed by atoms with van der Waals surface area (Å²) in [5.74, 6) is 2.49. The van der Waals surface area contributed by atoms with E-state index in [1.807, 2.05) is 11.8 Å². The zero-order valence-corrected chi connectivity index (χ0v) is 12.0. The average Bonchev–Trinajstić information content (AvgIpc) is 2.33. The van der Waals surface area contributed by atoms with E-state index < -0.39 is 0 Å². The van der Waals surface area contributed by atoms with Gasteiger partial charge in [0.05, 0.1) is 6.61 Å². The van der Waals surface area contributed by atoms with Gasteiger partial charge in [-0.05, 0) is 50.2 Å². The van der Waals surface area contributed by atoms with Crippen LogP contribution in [0.1, 0.15) is 52.9 Å². The van der Waals surface area contributed by atoms with Crippen LogP contribution < -0.4 is 5.32 Å². The van der Waals surface area contributed by atoms with Crippen LogP contribution in [0.25, 0.3) is 0 Å². The quantitative estimate of drug-likeness (QED) is 0.550. The number of aliphatic hydroxyl groups excluding tert-OH is 1. The monoisotopic (exact) mass is 247 g/mol. The summed E-state index contributed by atoms with van der Waals surface area (Å²) in [7, 11) is 0. The zero-order valence-electron chi connectivity index (χ0n) is 11.2. The first kappa shape index (κ1) is 16.3. The van der Waals surface area contributed by atoms with Crippen LogP contribution in [0.5, 0.6) is 0 Å². The molecule has 0 spiro atoms. The predicted octanol–water partition coefficient (Wildman–Crippen LogP) is 3.05. The van der Waals surface area contributed by atoms with Gasteiger partial charge >= 0.3 is 0 Å². The molecule has 2 N–H and O–H groups in total. The molecule has 1 unspecified atom stereocenters. The van der Waals surface area contributed by atoms with E-state index in [0.717, 1.165) is 25.8 Å². The van der Waals surface area contributed by atoms with E-state index >= 15 is 0 Å². The molecule has 0 aliphatic carbocycles. The highest BCUT2D eigenvalue weighted by atomic mass is 32.2. The molecule has 0 aromatic carbocycles. The van der Waals surface area contributed by atoms with Gasteiger partial charge in [0, 0.05) is 5.54 Å². The predicted molar refractivity (Wildman–Crippen MR) is 75.3 cm³/mol. The van der Waals surface area contributed by atoms with E-state index in [2.05, 4.69) is 26.1 Å². The molecule has 98 valence electrons. The van der Waals surface area contributed by atoms with Crippen molar-refractivity contribution in [2.75, 3.05) is 24.7 Å². The molecular weight excluding hydrogens is 218 g/mol. The lowest BCUT2D eigenvalue weighted by Gasteiger charge is -2.32. The van der Waals surface area contributed by atoms with Gasteiger partial charge < -0.3 is 10.4 Å². The Hall–Kier alpha value is 0.270. The third-order valence-electron chi connectivity index (χ3n) is 3.02. The summed E-state index contributed by atoms with van der Waals surface area (Å²) >= 11 is 2.03. The van der Waals surface area contributed by atoms with Gasteiger partial charge in [0.1, 0.15) is 0 Å². The molecule has 2 nitrogen and oxygen atoms in total. The second kappa shape index (κ2) is 10.4. The standard InChI is InChI=1S/C13H29NOS/c1-4-9-14-13(6-3,12-15)8-7-11-16-10-5-2/h14-15H,4-12H2,1-3H3. The van der Waals surface area contributed by atoms with Gasteiger partial charge in [0.2, 0.25) is 0 Å². The van der Waals surface area contributed by atoms with Crippen molar-refractivity contribution in [1.29, 1.82) is 0 Å². The molecule has 0 fully saturated rings. The van der Waals surface area contributed by atoms with Gasteiger partial charge in [0.25, 0.3) is 0 Å². The van der Waals surface area contributed by atoms with Crippen LogP contribution >= 0.6 is 11.8 Å². The van der Waals surface area contributed by atoms with E-state index in [1.54, 1.807) is 0 Å². The topological polar surface area (TPSA) is 32.3 Å². The summed E-state index contributed by atoms with van der Waals surface area (Å²) in [5, 5.41) is 13.1. The maximum absolute atomic E-state index is 9.54. The zero-order chi connectivity index (χ0) is 12.3. The molecule has 0 heterocycles. The summed E-state index contributed by atoms with van der Waals surface area (Å²) in [6.45, 7) is 7.83. The van der Waals surface area contributed by atoms with E-state index in [4.69, 9.17) is 0 Å². The minimum atomic E-state index is -0.0250. The Morgan fingerprint density at radius 2 is 1.88 bits per heavy atom. The number of hydrogen-bond acceptors (Lipinski definition) is 3. The van der Waals surface area contributed by atoms with Crippen LogP contribution in [-0.2, 0) is 0 Å². The molecule has 0 saturated heterocycles. The minimum absolute atomic E-state index is 0.0250. The first-order valence-corrected chi connectivity index (χ1v) is 7.83. The molecule has 3 heteroatoms. The minimum Gasteiger partial charge on any atom is -0.394 e. The smallest absolute Gasteiger partial charge is 0.0613 e. The van der Waals surface area contributed by atoms with Crippen LogP contribution in [0.15, 0.2) is 0 Å². The van der Waals surface area contributed by atoms with Crippen LogP contribution in [0, 0.1) is 0 Å². The molecule has 0 rings (SSSR count). The molecule has 0 radical (unpaired) electrons. The summed E-state index contributed by atoms with van der Waals surface area (Å²) in [4.78, 5) is 0. The van der Waals surface area contributed by atoms with Gasteiger partial charge in [-0.25, -0.2) is 0 Å². The van der Waals surface area contributed by atoms with Crippen molar-refractivity contribution in [3.63, 3.8) is 0 Å².